The van der Waals surface area contributed by atoms with Gasteiger partial charge in [0.15, 0.2) is 0 Å². The van der Waals surface area contributed by atoms with Crippen LogP contribution >= 0.6 is 0 Å². The summed E-state index contributed by atoms with van der Waals surface area (Å²) in [6, 6.07) is 7.16. The van der Waals surface area contributed by atoms with Crippen LogP contribution in [0.25, 0.3) is 0 Å². The molecule has 1 aromatic carbocycles. The predicted molar refractivity (Wildman–Crippen MR) is 89.4 cm³/mol. The second-order valence-corrected chi connectivity index (χ2v) is 6.89. The van der Waals surface area contributed by atoms with E-state index in [2.05, 4.69) is 35.3 Å². The van der Waals surface area contributed by atoms with Gasteiger partial charge in [0.05, 0.1) is 0 Å². The average Bonchev–Trinajstić information content (AvgIpc) is 2.73. The molecule has 1 unspecified atom stereocenters. The minimum atomic E-state index is 0.979. The number of hydrogen-bond donors (Lipinski definition) is 1. The standard InChI is InChI=1S/C19H30N2/c1-2-4-16-5-3-11-21(12-9-16)15-17-6-7-18-8-10-20-14-19(18)13-17/h6-7,13,16,20H,2-5,8-12,14-15H2,1H3. The molecular formula is C19H30N2. The Bertz CT molecular complexity index is 455. The molecule has 0 aromatic heterocycles. The smallest absolute Gasteiger partial charge is 0.0233 e. The van der Waals surface area contributed by atoms with E-state index in [4.69, 9.17) is 0 Å². The molecule has 0 spiro atoms. The van der Waals surface area contributed by atoms with Crippen molar-refractivity contribution in [3.63, 3.8) is 0 Å². The summed E-state index contributed by atoms with van der Waals surface area (Å²) in [5.41, 5.74) is 4.58. The van der Waals surface area contributed by atoms with Crippen molar-refractivity contribution < 1.29 is 0 Å². The molecule has 1 N–H and O–H groups in total. The molecule has 2 aliphatic rings. The number of rotatable bonds is 4. The van der Waals surface area contributed by atoms with Gasteiger partial charge in [0.25, 0.3) is 0 Å². The van der Waals surface area contributed by atoms with Crippen LogP contribution in [0.1, 0.15) is 55.7 Å². The Morgan fingerprint density at radius 1 is 1.19 bits per heavy atom. The summed E-state index contributed by atoms with van der Waals surface area (Å²) in [6.45, 7) is 8.24. The second kappa shape index (κ2) is 7.42. The Labute approximate surface area is 129 Å². The zero-order valence-corrected chi connectivity index (χ0v) is 13.5. The van der Waals surface area contributed by atoms with E-state index >= 15 is 0 Å². The summed E-state index contributed by atoms with van der Waals surface area (Å²) < 4.78 is 0. The summed E-state index contributed by atoms with van der Waals surface area (Å²) in [6.07, 6.45) is 8.20. The van der Waals surface area contributed by atoms with E-state index in [9.17, 15) is 0 Å². The van der Waals surface area contributed by atoms with E-state index < -0.39 is 0 Å². The van der Waals surface area contributed by atoms with Gasteiger partial charge in [-0.3, -0.25) is 4.90 Å². The molecule has 21 heavy (non-hydrogen) atoms. The third-order valence-corrected chi connectivity index (χ3v) is 5.20. The van der Waals surface area contributed by atoms with Crippen LogP contribution in [0.15, 0.2) is 18.2 Å². The fourth-order valence-electron chi connectivity index (χ4n) is 3.97. The third kappa shape index (κ3) is 4.08. The number of nitrogens with zero attached hydrogens (tertiary/aromatic N) is 1. The van der Waals surface area contributed by atoms with Crippen LogP contribution < -0.4 is 5.32 Å². The van der Waals surface area contributed by atoms with Crippen LogP contribution in [-0.4, -0.2) is 24.5 Å². The molecule has 2 heteroatoms. The summed E-state index contributed by atoms with van der Waals surface area (Å²) in [4.78, 5) is 2.67. The van der Waals surface area contributed by atoms with Gasteiger partial charge in [-0.1, -0.05) is 38.0 Å². The molecule has 0 radical (unpaired) electrons. The first-order valence-corrected chi connectivity index (χ1v) is 8.89. The normalized spacial score (nSPS) is 23.6. The number of likely N-dealkylation sites (tertiary alicyclic amines) is 1. The number of hydrogen-bond acceptors (Lipinski definition) is 2. The molecule has 1 aromatic rings. The van der Waals surface area contributed by atoms with Crippen LogP contribution in [0.5, 0.6) is 0 Å². The monoisotopic (exact) mass is 286 g/mol. The van der Waals surface area contributed by atoms with Crippen LogP contribution in [-0.2, 0) is 19.5 Å². The molecule has 3 rings (SSSR count). The van der Waals surface area contributed by atoms with E-state index in [0.29, 0.717) is 0 Å². The highest BCUT2D eigenvalue weighted by atomic mass is 15.1. The fraction of sp³-hybridized carbons (Fsp3) is 0.684. The molecule has 2 heterocycles. The molecule has 1 saturated heterocycles. The molecule has 2 aliphatic heterocycles. The molecular weight excluding hydrogens is 256 g/mol. The number of benzene rings is 1. The summed E-state index contributed by atoms with van der Waals surface area (Å²) in [5.74, 6) is 0.979. The number of nitrogens with one attached hydrogen (secondary N) is 1. The van der Waals surface area contributed by atoms with Crippen molar-refractivity contribution in [3.05, 3.63) is 34.9 Å². The lowest BCUT2D eigenvalue weighted by Crippen LogP contribution is -2.26. The van der Waals surface area contributed by atoms with Crippen molar-refractivity contribution >= 4 is 0 Å². The summed E-state index contributed by atoms with van der Waals surface area (Å²) in [7, 11) is 0. The van der Waals surface area contributed by atoms with Gasteiger partial charge in [0, 0.05) is 13.1 Å². The lowest BCUT2D eigenvalue weighted by atomic mass is 9.96. The predicted octanol–water partition coefficient (Wildman–Crippen LogP) is 3.73. The molecule has 116 valence electrons. The molecule has 0 aliphatic carbocycles. The van der Waals surface area contributed by atoms with E-state index in [1.165, 1.54) is 62.7 Å². The Morgan fingerprint density at radius 3 is 3.05 bits per heavy atom. The Kier molecular flexibility index (Phi) is 5.32. The maximum absolute atomic E-state index is 3.49. The zero-order chi connectivity index (χ0) is 14.5. The van der Waals surface area contributed by atoms with Gasteiger partial charge in [-0.15, -0.1) is 0 Å². The maximum atomic E-state index is 3.49. The van der Waals surface area contributed by atoms with Crippen LogP contribution in [0.3, 0.4) is 0 Å². The average molecular weight is 286 g/mol. The van der Waals surface area contributed by atoms with Crippen molar-refractivity contribution in [1.82, 2.24) is 10.2 Å². The molecule has 2 nitrogen and oxygen atoms in total. The van der Waals surface area contributed by atoms with Gasteiger partial charge in [-0.2, -0.15) is 0 Å². The third-order valence-electron chi connectivity index (χ3n) is 5.20. The van der Waals surface area contributed by atoms with Crippen LogP contribution in [0, 0.1) is 5.92 Å². The lowest BCUT2D eigenvalue weighted by molar-refractivity contribution is 0.271. The van der Waals surface area contributed by atoms with E-state index in [0.717, 1.165) is 25.6 Å². The summed E-state index contributed by atoms with van der Waals surface area (Å²) >= 11 is 0. The van der Waals surface area contributed by atoms with E-state index in [-0.39, 0.29) is 0 Å². The number of fused-ring (bicyclic) bond motifs is 1. The van der Waals surface area contributed by atoms with Gasteiger partial charge in [0.1, 0.15) is 0 Å². The Morgan fingerprint density at radius 2 is 2.14 bits per heavy atom. The quantitative estimate of drug-likeness (QED) is 0.907. The Balaban J connectivity index is 1.58. The molecule has 0 bridgehead atoms. The highest BCUT2D eigenvalue weighted by Gasteiger charge is 2.17. The van der Waals surface area contributed by atoms with Crippen molar-refractivity contribution in [2.45, 2.75) is 58.5 Å². The van der Waals surface area contributed by atoms with E-state index in [1.54, 1.807) is 5.56 Å². The van der Waals surface area contributed by atoms with Crippen molar-refractivity contribution in [2.24, 2.45) is 5.92 Å². The first-order chi connectivity index (χ1) is 10.3. The maximum Gasteiger partial charge on any atom is 0.0233 e. The minimum absolute atomic E-state index is 0.979. The second-order valence-electron chi connectivity index (χ2n) is 6.89. The highest BCUT2D eigenvalue weighted by Crippen LogP contribution is 2.23. The van der Waals surface area contributed by atoms with Gasteiger partial charge in [0.2, 0.25) is 0 Å². The topological polar surface area (TPSA) is 15.3 Å². The zero-order valence-electron chi connectivity index (χ0n) is 13.5. The van der Waals surface area contributed by atoms with Crippen LogP contribution in [0.2, 0.25) is 0 Å². The fourth-order valence-corrected chi connectivity index (χ4v) is 3.97. The van der Waals surface area contributed by atoms with Crippen molar-refractivity contribution in [3.8, 4) is 0 Å². The molecule has 0 saturated carbocycles. The van der Waals surface area contributed by atoms with Crippen molar-refractivity contribution in [1.29, 1.82) is 0 Å². The van der Waals surface area contributed by atoms with Crippen molar-refractivity contribution in [2.75, 3.05) is 19.6 Å². The first kappa shape index (κ1) is 15.1. The highest BCUT2D eigenvalue weighted by molar-refractivity contribution is 5.33. The van der Waals surface area contributed by atoms with Gasteiger partial charge >= 0.3 is 0 Å². The largest absolute Gasteiger partial charge is 0.312 e. The molecule has 0 amide bonds. The molecule has 1 atom stereocenters. The summed E-state index contributed by atoms with van der Waals surface area (Å²) in [5, 5.41) is 3.49. The SMILES string of the molecule is CCCC1CCCN(Cc2ccc3c(c2)CNCC3)CC1. The van der Waals surface area contributed by atoms with E-state index in [1.807, 2.05) is 0 Å². The van der Waals surface area contributed by atoms with Gasteiger partial charge in [-0.25, -0.2) is 0 Å². The lowest BCUT2D eigenvalue weighted by Gasteiger charge is -2.22. The van der Waals surface area contributed by atoms with Crippen LogP contribution in [0.4, 0.5) is 0 Å². The molecule has 1 fully saturated rings. The minimum Gasteiger partial charge on any atom is -0.312 e. The van der Waals surface area contributed by atoms with Gasteiger partial charge < -0.3 is 5.32 Å². The first-order valence-electron chi connectivity index (χ1n) is 8.89. The van der Waals surface area contributed by atoms with Gasteiger partial charge in [-0.05, 0) is 67.9 Å². The Hall–Kier alpha value is -0.860.